The van der Waals surface area contributed by atoms with Gasteiger partial charge >= 0.3 is 6.03 Å². The number of primary amides is 1. The lowest BCUT2D eigenvalue weighted by molar-refractivity contribution is 0.248. The monoisotopic (exact) mass is 190 g/mol. The van der Waals surface area contributed by atoms with Crippen molar-refractivity contribution in [3.05, 3.63) is 36.1 Å². The molecule has 4 heteroatoms. The van der Waals surface area contributed by atoms with Crippen molar-refractivity contribution < 1.29 is 9.21 Å². The van der Waals surface area contributed by atoms with Crippen molar-refractivity contribution >= 4 is 17.0 Å². The Bertz CT molecular complexity index is 462. The van der Waals surface area contributed by atoms with Crippen LogP contribution in [0.25, 0.3) is 11.0 Å². The lowest BCUT2D eigenvalue weighted by atomic mass is 10.1. The molecule has 4 nitrogen and oxygen atoms in total. The molecular formula is C10H10N2O2. The highest BCUT2D eigenvalue weighted by Gasteiger charge is 1.99. The topological polar surface area (TPSA) is 68.3 Å². The van der Waals surface area contributed by atoms with Gasteiger partial charge < -0.3 is 15.5 Å². The van der Waals surface area contributed by atoms with E-state index in [0.717, 1.165) is 16.5 Å². The number of furan rings is 1. The summed E-state index contributed by atoms with van der Waals surface area (Å²) in [6.45, 7) is 0.441. The molecule has 3 N–H and O–H groups in total. The highest BCUT2D eigenvalue weighted by atomic mass is 16.3. The van der Waals surface area contributed by atoms with E-state index in [4.69, 9.17) is 10.2 Å². The minimum atomic E-state index is -0.516. The molecule has 0 unspecified atom stereocenters. The second kappa shape index (κ2) is 3.41. The highest BCUT2D eigenvalue weighted by molar-refractivity contribution is 5.78. The standard InChI is InChI=1S/C10H10N2O2/c11-10(13)12-6-7-1-2-9-8(5-7)3-4-14-9/h1-5H,6H2,(H3,11,12,13). The van der Waals surface area contributed by atoms with E-state index < -0.39 is 6.03 Å². The maximum atomic E-state index is 10.5. The third kappa shape index (κ3) is 1.69. The van der Waals surface area contributed by atoms with Crippen molar-refractivity contribution in [2.24, 2.45) is 5.73 Å². The van der Waals surface area contributed by atoms with Gasteiger partial charge in [0.2, 0.25) is 0 Å². The van der Waals surface area contributed by atoms with Crippen LogP contribution in [-0.4, -0.2) is 6.03 Å². The SMILES string of the molecule is NC(=O)NCc1ccc2occc2c1. The molecule has 0 radical (unpaired) electrons. The van der Waals surface area contributed by atoms with Gasteiger partial charge in [-0.2, -0.15) is 0 Å². The second-order valence-corrected chi connectivity index (χ2v) is 3.01. The quantitative estimate of drug-likeness (QED) is 0.755. The van der Waals surface area contributed by atoms with Crippen LogP contribution in [0.15, 0.2) is 34.9 Å². The van der Waals surface area contributed by atoms with Gasteiger partial charge in [0, 0.05) is 11.9 Å². The van der Waals surface area contributed by atoms with Crippen LogP contribution in [-0.2, 0) is 6.54 Å². The third-order valence-electron chi connectivity index (χ3n) is 1.98. The number of hydrogen-bond acceptors (Lipinski definition) is 2. The number of carbonyl (C=O) groups excluding carboxylic acids is 1. The summed E-state index contributed by atoms with van der Waals surface area (Å²) < 4.78 is 5.19. The van der Waals surface area contributed by atoms with E-state index in [2.05, 4.69) is 5.32 Å². The van der Waals surface area contributed by atoms with E-state index in [1.807, 2.05) is 24.3 Å². The van der Waals surface area contributed by atoms with Crippen LogP contribution in [0.1, 0.15) is 5.56 Å². The minimum absolute atomic E-state index is 0.441. The lowest BCUT2D eigenvalue weighted by Crippen LogP contribution is -2.28. The van der Waals surface area contributed by atoms with Crippen LogP contribution in [0.2, 0.25) is 0 Å². The van der Waals surface area contributed by atoms with Gasteiger partial charge in [-0.25, -0.2) is 4.79 Å². The summed E-state index contributed by atoms with van der Waals surface area (Å²) in [5.41, 5.74) is 6.80. The molecule has 0 aliphatic carbocycles. The van der Waals surface area contributed by atoms with Gasteiger partial charge in [0.1, 0.15) is 5.58 Å². The molecular weight excluding hydrogens is 180 g/mol. The minimum Gasteiger partial charge on any atom is -0.464 e. The molecule has 0 saturated carbocycles. The average molecular weight is 190 g/mol. The van der Waals surface area contributed by atoms with Crippen LogP contribution in [0.3, 0.4) is 0 Å². The Labute approximate surface area is 80.7 Å². The van der Waals surface area contributed by atoms with Gasteiger partial charge in [-0.1, -0.05) is 6.07 Å². The molecule has 1 aromatic carbocycles. The Kier molecular flexibility index (Phi) is 2.10. The van der Waals surface area contributed by atoms with Crippen LogP contribution in [0.4, 0.5) is 4.79 Å². The normalized spacial score (nSPS) is 10.3. The number of urea groups is 1. The van der Waals surface area contributed by atoms with Gasteiger partial charge in [-0.15, -0.1) is 0 Å². The number of amides is 2. The van der Waals surface area contributed by atoms with E-state index in [1.54, 1.807) is 6.26 Å². The summed E-state index contributed by atoms with van der Waals surface area (Å²) in [6.07, 6.45) is 1.63. The number of rotatable bonds is 2. The van der Waals surface area contributed by atoms with E-state index in [9.17, 15) is 4.79 Å². The maximum Gasteiger partial charge on any atom is 0.312 e. The van der Waals surface area contributed by atoms with Crippen LogP contribution in [0, 0.1) is 0 Å². The molecule has 1 aromatic heterocycles. The molecule has 0 bridgehead atoms. The Balaban J connectivity index is 2.21. The molecule has 0 atom stereocenters. The zero-order valence-corrected chi connectivity index (χ0v) is 7.49. The zero-order valence-electron chi connectivity index (χ0n) is 7.49. The summed E-state index contributed by atoms with van der Waals surface area (Å²) in [6, 6.07) is 7.07. The molecule has 0 aliphatic rings. The van der Waals surface area contributed by atoms with Gasteiger partial charge in [0.05, 0.1) is 6.26 Å². The summed E-state index contributed by atoms with van der Waals surface area (Å²) in [5.74, 6) is 0. The number of benzene rings is 1. The predicted octanol–water partition coefficient (Wildman–Crippen LogP) is 1.60. The van der Waals surface area contributed by atoms with Gasteiger partial charge in [0.15, 0.2) is 0 Å². The first-order valence-electron chi connectivity index (χ1n) is 4.25. The van der Waals surface area contributed by atoms with Crippen molar-refractivity contribution in [3.8, 4) is 0 Å². The largest absolute Gasteiger partial charge is 0.464 e. The smallest absolute Gasteiger partial charge is 0.312 e. The van der Waals surface area contributed by atoms with Crippen LogP contribution < -0.4 is 11.1 Å². The Morgan fingerprint density at radius 1 is 1.43 bits per heavy atom. The van der Waals surface area contributed by atoms with Gasteiger partial charge in [-0.3, -0.25) is 0 Å². The number of nitrogens with two attached hydrogens (primary N) is 1. The summed E-state index contributed by atoms with van der Waals surface area (Å²) in [7, 11) is 0. The second-order valence-electron chi connectivity index (χ2n) is 3.01. The fourth-order valence-corrected chi connectivity index (χ4v) is 1.32. The molecule has 14 heavy (non-hydrogen) atoms. The summed E-state index contributed by atoms with van der Waals surface area (Å²) >= 11 is 0. The van der Waals surface area contributed by atoms with Crippen LogP contribution >= 0.6 is 0 Å². The van der Waals surface area contributed by atoms with Crippen molar-refractivity contribution in [2.45, 2.75) is 6.54 Å². The van der Waals surface area contributed by atoms with Crippen molar-refractivity contribution in [1.29, 1.82) is 0 Å². The van der Waals surface area contributed by atoms with Crippen molar-refractivity contribution in [3.63, 3.8) is 0 Å². The highest BCUT2D eigenvalue weighted by Crippen LogP contribution is 2.16. The predicted molar refractivity (Wildman–Crippen MR) is 52.6 cm³/mol. The Morgan fingerprint density at radius 3 is 3.07 bits per heavy atom. The molecule has 0 saturated heterocycles. The zero-order chi connectivity index (χ0) is 9.97. The first-order chi connectivity index (χ1) is 6.75. The number of carbonyl (C=O) groups is 1. The summed E-state index contributed by atoms with van der Waals surface area (Å²) in [4.78, 5) is 10.5. The average Bonchev–Trinajstić information content (AvgIpc) is 2.61. The fourth-order valence-electron chi connectivity index (χ4n) is 1.32. The van der Waals surface area contributed by atoms with Gasteiger partial charge in [-0.05, 0) is 23.8 Å². The number of fused-ring (bicyclic) bond motifs is 1. The lowest BCUT2D eigenvalue weighted by Gasteiger charge is -2.01. The van der Waals surface area contributed by atoms with Gasteiger partial charge in [0.25, 0.3) is 0 Å². The molecule has 0 aliphatic heterocycles. The molecule has 0 spiro atoms. The molecule has 1 heterocycles. The van der Waals surface area contributed by atoms with E-state index >= 15 is 0 Å². The molecule has 2 aromatic rings. The van der Waals surface area contributed by atoms with Crippen LogP contribution in [0.5, 0.6) is 0 Å². The summed E-state index contributed by atoms with van der Waals surface area (Å²) in [5, 5.41) is 3.55. The van der Waals surface area contributed by atoms with E-state index in [0.29, 0.717) is 6.54 Å². The number of hydrogen-bond donors (Lipinski definition) is 2. The van der Waals surface area contributed by atoms with E-state index in [-0.39, 0.29) is 0 Å². The molecule has 2 amide bonds. The first-order valence-corrected chi connectivity index (χ1v) is 4.25. The Morgan fingerprint density at radius 2 is 2.29 bits per heavy atom. The van der Waals surface area contributed by atoms with Crippen molar-refractivity contribution in [1.82, 2.24) is 5.32 Å². The fraction of sp³-hybridized carbons (Fsp3) is 0.100. The molecule has 72 valence electrons. The number of nitrogens with one attached hydrogen (secondary N) is 1. The molecule has 0 fully saturated rings. The molecule has 2 rings (SSSR count). The third-order valence-corrected chi connectivity index (χ3v) is 1.98. The van der Waals surface area contributed by atoms with E-state index in [1.165, 1.54) is 0 Å². The first kappa shape index (κ1) is 8.62. The Hall–Kier alpha value is -1.97. The maximum absolute atomic E-state index is 10.5. The van der Waals surface area contributed by atoms with Crippen molar-refractivity contribution in [2.75, 3.05) is 0 Å².